The summed E-state index contributed by atoms with van der Waals surface area (Å²) in [6.07, 6.45) is 6.75. The molecule has 7 nitrogen and oxygen atoms in total. The molecule has 0 spiro atoms. The number of anilines is 1. The topological polar surface area (TPSA) is 75.9 Å². The van der Waals surface area contributed by atoms with Gasteiger partial charge >= 0.3 is 0 Å². The first-order valence-corrected chi connectivity index (χ1v) is 8.46. The van der Waals surface area contributed by atoms with Gasteiger partial charge in [0, 0.05) is 44.6 Å². The van der Waals surface area contributed by atoms with Crippen molar-refractivity contribution >= 4 is 11.9 Å². The fraction of sp³-hybridized carbons (Fsp3) is 0.529. The summed E-state index contributed by atoms with van der Waals surface area (Å²) in [5, 5.41) is 2.91. The lowest BCUT2D eigenvalue weighted by molar-refractivity contribution is 0.0717. The van der Waals surface area contributed by atoms with Crippen molar-refractivity contribution < 1.29 is 4.79 Å². The number of carbonyl (C=O) groups excluding carboxylic acids is 1. The summed E-state index contributed by atoms with van der Waals surface area (Å²) in [6, 6.07) is 1.94. The largest absolute Gasteiger partial charge is 0.357 e. The normalized spacial score (nSPS) is 17.3. The Labute approximate surface area is 142 Å². The molecule has 0 saturated carbocycles. The molecule has 0 aromatic carbocycles. The van der Waals surface area contributed by atoms with Gasteiger partial charge in [0.2, 0.25) is 5.95 Å². The Bertz CT molecular complexity index is 726. The van der Waals surface area contributed by atoms with E-state index in [9.17, 15) is 4.79 Å². The number of imidazole rings is 1. The van der Waals surface area contributed by atoms with Crippen LogP contribution in [0.3, 0.4) is 0 Å². The summed E-state index contributed by atoms with van der Waals surface area (Å²) in [5.74, 6) is 1.53. The van der Waals surface area contributed by atoms with Crippen LogP contribution in [0, 0.1) is 6.92 Å². The average Bonchev–Trinajstić information content (AvgIpc) is 3.23. The van der Waals surface area contributed by atoms with Gasteiger partial charge in [-0.15, -0.1) is 0 Å². The molecular formula is C17H24N6O. The number of nitrogens with zero attached hydrogens (tertiary/aromatic N) is 5. The first-order chi connectivity index (χ1) is 11.6. The Hall–Kier alpha value is -2.44. The van der Waals surface area contributed by atoms with E-state index in [1.54, 1.807) is 13.1 Å². The second-order valence-electron chi connectivity index (χ2n) is 6.11. The first kappa shape index (κ1) is 16.4. The predicted molar refractivity (Wildman–Crippen MR) is 92.0 cm³/mol. The molecule has 1 aliphatic heterocycles. The Morgan fingerprint density at radius 2 is 2.25 bits per heavy atom. The number of hydrogen-bond donors (Lipinski definition) is 1. The molecule has 2 aromatic rings. The van der Waals surface area contributed by atoms with Gasteiger partial charge in [0.1, 0.15) is 11.5 Å². The SMILES string of the molecule is CCc1nccn1CC1CCCN1C(=O)c1cc(C)nc(NC)n1. The molecule has 0 radical (unpaired) electrons. The minimum Gasteiger partial charge on any atom is -0.357 e. The number of aromatic nitrogens is 4. The third kappa shape index (κ3) is 3.25. The molecule has 24 heavy (non-hydrogen) atoms. The van der Waals surface area contributed by atoms with Crippen LogP contribution in [0.15, 0.2) is 18.5 Å². The minimum absolute atomic E-state index is 0.0161. The zero-order chi connectivity index (χ0) is 17.1. The van der Waals surface area contributed by atoms with Gasteiger partial charge in [0.15, 0.2) is 0 Å². The maximum absolute atomic E-state index is 12.9. The Balaban J connectivity index is 1.80. The number of likely N-dealkylation sites (tertiary alicyclic amines) is 1. The highest BCUT2D eigenvalue weighted by Gasteiger charge is 2.31. The Morgan fingerprint density at radius 3 is 3.00 bits per heavy atom. The summed E-state index contributed by atoms with van der Waals surface area (Å²) < 4.78 is 2.15. The maximum atomic E-state index is 12.9. The third-order valence-corrected chi connectivity index (χ3v) is 4.46. The van der Waals surface area contributed by atoms with Gasteiger partial charge in [-0.3, -0.25) is 4.79 Å². The molecular weight excluding hydrogens is 304 g/mol. The van der Waals surface area contributed by atoms with Crippen molar-refractivity contribution in [3.63, 3.8) is 0 Å². The van der Waals surface area contributed by atoms with Gasteiger partial charge in [-0.1, -0.05) is 6.92 Å². The quantitative estimate of drug-likeness (QED) is 0.907. The molecule has 128 valence electrons. The van der Waals surface area contributed by atoms with E-state index in [-0.39, 0.29) is 11.9 Å². The predicted octanol–water partition coefficient (Wildman–Crippen LogP) is 1.89. The Kier molecular flexibility index (Phi) is 4.78. The zero-order valence-electron chi connectivity index (χ0n) is 14.5. The molecule has 1 fully saturated rings. The summed E-state index contributed by atoms with van der Waals surface area (Å²) in [5.41, 5.74) is 1.25. The lowest BCUT2D eigenvalue weighted by Crippen LogP contribution is -2.38. The molecule has 1 atom stereocenters. The number of amides is 1. The minimum atomic E-state index is -0.0161. The maximum Gasteiger partial charge on any atom is 0.272 e. The van der Waals surface area contributed by atoms with E-state index in [0.29, 0.717) is 11.6 Å². The van der Waals surface area contributed by atoms with Gasteiger partial charge < -0.3 is 14.8 Å². The second-order valence-corrected chi connectivity index (χ2v) is 6.11. The highest BCUT2D eigenvalue weighted by atomic mass is 16.2. The van der Waals surface area contributed by atoms with Gasteiger partial charge in [0.25, 0.3) is 5.91 Å². The van der Waals surface area contributed by atoms with Crippen molar-refractivity contribution in [2.75, 3.05) is 18.9 Å². The number of rotatable bonds is 5. The fourth-order valence-corrected chi connectivity index (χ4v) is 3.28. The van der Waals surface area contributed by atoms with E-state index in [0.717, 1.165) is 43.9 Å². The van der Waals surface area contributed by atoms with Crippen LogP contribution < -0.4 is 5.32 Å². The van der Waals surface area contributed by atoms with Crippen LogP contribution in [0.25, 0.3) is 0 Å². The van der Waals surface area contributed by atoms with Gasteiger partial charge in [-0.05, 0) is 25.8 Å². The van der Waals surface area contributed by atoms with E-state index in [4.69, 9.17) is 0 Å². The third-order valence-electron chi connectivity index (χ3n) is 4.46. The highest BCUT2D eigenvalue weighted by Crippen LogP contribution is 2.22. The number of nitrogens with one attached hydrogen (secondary N) is 1. The Morgan fingerprint density at radius 1 is 1.42 bits per heavy atom. The molecule has 7 heteroatoms. The summed E-state index contributed by atoms with van der Waals surface area (Å²) >= 11 is 0. The smallest absolute Gasteiger partial charge is 0.272 e. The van der Waals surface area contributed by atoms with Crippen molar-refractivity contribution in [2.45, 2.75) is 45.7 Å². The van der Waals surface area contributed by atoms with Crippen LogP contribution in [0.4, 0.5) is 5.95 Å². The number of aryl methyl sites for hydroxylation is 2. The van der Waals surface area contributed by atoms with Crippen molar-refractivity contribution in [1.82, 2.24) is 24.4 Å². The molecule has 1 N–H and O–H groups in total. The molecule has 0 aliphatic carbocycles. The molecule has 0 bridgehead atoms. The van der Waals surface area contributed by atoms with Crippen molar-refractivity contribution in [1.29, 1.82) is 0 Å². The van der Waals surface area contributed by atoms with Crippen LogP contribution in [0.2, 0.25) is 0 Å². The van der Waals surface area contributed by atoms with Crippen molar-refractivity contribution in [3.8, 4) is 0 Å². The van der Waals surface area contributed by atoms with E-state index in [2.05, 4.69) is 31.8 Å². The summed E-state index contributed by atoms with van der Waals surface area (Å²) in [6.45, 7) is 5.54. The van der Waals surface area contributed by atoms with Gasteiger partial charge in [-0.2, -0.15) is 0 Å². The molecule has 1 saturated heterocycles. The van der Waals surface area contributed by atoms with Gasteiger partial charge in [0.05, 0.1) is 6.04 Å². The molecule has 1 aliphatic rings. The van der Waals surface area contributed by atoms with E-state index < -0.39 is 0 Å². The highest BCUT2D eigenvalue weighted by molar-refractivity contribution is 5.93. The first-order valence-electron chi connectivity index (χ1n) is 8.46. The van der Waals surface area contributed by atoms with E-state index in [1.807, 2.05) is 24.2 Å². The second kappa shape index (κ2) is 6.98. The monoisotopic (exact) mass is 328 g/mol. The number of hydrogen-bond acceptors (Lipinski definition) is 5. The summed E-state index contributed by atoms with van der Waals surface area (Å²) in [4.78, 5) is 27.8. The molecule has 3 heterocycles. The van der Waals surface area contributed by atoms with Crippen LogP contribution in [-0.4, -0.2) is 50.0 Å². The molecule has 3 rings (SSSR count). The van der Waals surface area contributed by atoms with Crippen molar-refractivity contribution in [3.05, 3.63) is 35.7 Å². The molecule has 1 unspecified atom stereocenters. The van der Waals surface area contributed by atoms with E-state index >= 15 is 0 Å². The summed E-state index contributed by atoms with van der Waals surface area (Å²) in [7, 11) is 1.76. The number of carbonyl (C=O) groups is 1. The fourth-order valence-electron chi connectivity index (χ4n) is 3.28. The molecule has 2 aromatic heterocycles. The standard InChI is InChI=1S/C17H24N6O/c1-4-15-19-7-9-22(15)11-13-6-5-8-23(13)16(24)14-10-12(2)20-17(18-3)21-14/h7,9-10,13H,4-6,8,11H2,1-3H3,(H,18,20,21). The van der Waals surface area contributed by atoms with Gasteiger partial charge in [-0.25, -0.2) is 15.0 Å². The van der Waals surface area contributed by atoms with Crippen LogP contribution >= 0.6 is 0 Å². The lowest BCUT2D eigenvalue weighted by atomic mass is 10.2. The zero-order valence-corrected chi connectivity index (χ0v) is 14.5. The van der Waals surface area contributed by atoms with Crippen LogP contribution in [0.1, 0.15) is 41.8 Å². The average molecular weight is 328 g/mol. The van der Waals surface area contributed by atoms with Crippen LogP contribution in [-0.2, 0) is 13.0 Å². The molecule has 1 amide bonds. The lowest BCUT2D eigenvalue weighted by Gasteiger charge is -2.25. The van der Waals surface area contributed by atoms with E-state index in [1.165, 1.54) is 0 Å². The van der Waals surface area contributed by atoms with Crippen molar-refractivity contribution in [2.24, 2.45) is 0 Å². The van der Waals surface area contributed by atoms with Crippen LogP contribution in [0.5, 0.6) is 0 Å².